The van der Waals surface area contributed by atoms with Crippen molar-refractivity contribution in [2.45, 2.75) is 12.6 Å². The van der Waals surface area contributed by atoms with Gasteiger partial charge >= 0.3 is 0 Å². The van der Waals surface area contributed by atoms with Crippen molar-refractivity contribution in [1.82, 2.24) is 14.7 Å². The van der Waals surface area contributed by atoms with Crippen molar-refractivity contribution in [1.29, 1.82) is 0 Å². The summed E-state index contributed by atoms with van der Waals surface area (Å²) in [6.07, 6.45) is 2.19. The van der Waals surface area contributed by atoms with Crippen LogP contribution in [-0.4, -0.2) is 40.4 Å². The number of hydrogen-bond donors (Lipinski definition) is 1. The lowest BCUT2D eigenvalue weighted by molar-refractivity contribution is 0.203. The lowest BCUT2D eigenvalue weighted by Crippen LogP contribution is -2.21. The molecule has 0 radical (unpaired) electrons. The van der Waals surface area contributed by atoms with Crippen molar-refractivity contribution in [2.75, 3.05) is 20.6 Å². The molecule has 7 heteroatoms. The van der Waals surface area contributed by atoms with Gasteiger partial charge in [-0.1, -0.05) is 11.6 Å². The first-order valence-electron chi connectivity index (χ1n) is 5.77. The number of furan rings is 1. The van der Waals surface area contributed by atoms with Gasteiger partial charge in [0.05, 0.1) is 29.7 Å². The minimum absolute atomic E-state index is 0.444. The van der Waals surface area contributed by atoms with E-state index in [4.69, 9.17) is 16.0 Å². The summed E-state index contributed by atoms with van der Waals surface area (Å²) in [5.74, 6) is 0. The molecule has 0 fully saturated rings. The van der Waals surface area contributed by atoms with Crippen LogP contribution in [0.15, 0.2) is 27.6 Å². The van der Waals surface area contributed by atoms with Crippen LogP contribution >= 0.6 is 27.5 Å². The number of aliphatic hydroxyl groups excluding tert-OH is 1. The molecule has 1 N–H and O–H groups in total. The van der Waals surface area contributed by atoms with E-state index < -0.39 is 6.10 Å². The maximum atomic E-state index is 10.4. The molecule has 2 aromatic heterocycles. The molecule has 1 unspecified atom stereocenters. The Hall–Kier alpha value is -0.820. The van der Waals surface area contributed by atoms with Crippen LogP contribution in [0, 0.1) is 0 Å². The van der Waals surface area contributed by atoms with Gasteiger partial charge < -0.3 is 14.4 Å². The standard InChI is InChI=1S/C12H15BrClN3O2/c1-16(2)4-5-17-10(9(14)7-15-17)11(18)8-3-6-19-12(8)13/h3,6-7,11,18H,4-5H2,1-2H3. The second-order valence-corrected chi connectivity index (χ2v) is 5.58. The van der Waals surface area contributed by atoms with Gasteiger partial charge in [-0.05, 0) is 36.1 Å². The van der Waals surface area contributed by atoms with Crippen LogP contribution in [0.1, 0.15) is 17.4 Å². The number of hydrogen-bond acceptors (Lipinski definition) is 4. The van der Waals surface area contributed by atoms with E-state index in [0.717, 1.165) is 6.54 Å². The van der Waals surface area contributed by atoms with E-state index in [2.05, 4.69) is 21.0 Å². The number of rotatable bonds is 5. The Bertz CT molecular complexity index is 553. The summed E-state index contributed by atoms with van der Waals surface area (Å²) in [7, 11) is 3.96. The van der Waals surface area contributed by atoms with Crippen LogP contribution in [0.25, 0.3) is 0 Å². The Balaban J connectivity index is 2.28. The van der Waals surface area contributed by atoms with Crippen molar-refractivity contribution in [3.63, 3.8) is 0 Å². The second kappa shape index (κ2) is 6.09. The zero-order chi connectivity index (χ0) is 14.0. The molecule has 19 heavy (non-hydrogen) atoms. The molecule has 0 amide bonds. The first-order chi connectivity index (χ1) is 9.00. The summed E-state index contributed by atoms with van der Waals surface area (Å²) in [4.78, 5) is 2.04. The smallest absolute Gasteiger partial charge is 0.175 e. The normalized spacial score (nSPS) is 13.2. The quantitative estimate of drug-likeness (QED) is 0.902. The fraction of sp³-hybridized carbons (Fsp3) is 0.417. The molecule has 0 aromatic carbocycles. The van der Waals surface area contributed by atoms with Crippen molar-refractivity contribution in [3.05, 3.63) is 39.5 Å². The van der Waals surface area contributed by atoms with Crippen LogP contribution in [0.4, 0.5) is 0 Å². The van der Waals surface area contributed by atoms with E-state index in [9.17, 15) is 5.11 Å². The van der Waals surface area contributed by atoms with Gasteiger partial charge in [0.2, 0.25) is 0 Å². The Morgan fingerprint density at radius 2 is 2.32 bits per heavy atom. The highest BCUT2D eigenvalue weighted by molar-refractivity contribution is 9.10. The van der Waals surface area contributed by atoms with Gasteiger partial charge in [-0.2, -0.15) is 5.10 Å². The minimum atomic E-state index is -0.870. The van der Waals surface area contributed by atoms with Crippen LogP contribution in [0.2, 0.25) is 5.02 Å². The topological polar surface area (TPSA) is 54.4 Å². The Morgan fingerprint density at radius 3 is 2.89 bits per heavy atom. The maximum absolute atomic E-state index is 10.4. The van der Waals surface area contributed by atoms with E-state index >= 15 is 0 Å². The van der Waals surface area contributed by atoms with Gasteiger partial charge in [0.25, 0.3) is 0 Å². The Morgan fingerprint density at radius 1 is 1.58 bits per heavy atom. The molecular formula is C12H15BrClN3O2. The van der Waals surface area contributed by atoms with Crippen LogP contribution < -0.4 is 0 Å². The summed E-state index contributed by atoms with van der Waals surface area (Å²) in [5.41, 5.74) is 1.21. The number of aliphatic hydroxyl groups is 1. The molecule has 0 saturated heterocycles. The molecule has 0 saturated carbocycles. The van der Waals surface area contributed by atoms with Gasteiger partial charge in [-0.15, -0.1) is 0 Å². The monoisotopic (exact) mass is 347 g/mol. The number of nitrogens with zero attached hydrogens (tertiary/aromatic N) is 3. The zero-order valence-electron chi connectivity index (χ0n) is 10.7. The first kappa shape index (κ1) is 14.6. The highest BCUT2D eigenvalue weighted by atomic mass is 79.9. The molecule has 5 nitrogen and oxygen atoms in total. The number of halogens is 2. The molecule has 104 valence electrons. The minimum Gasteiger partial charge on any atom is -0.457 e. The highest BCUT2D eigenvalue weighted by Gasteiger charge is 2.23. The van der Waals surface area contributed by atoms with Crippen molar-refractivity contribution in [2.24, 2.45) is 0 Å². The molecule has 0 aliphatic heterocycles. The van der Waals surface area contributed by atoms with Gasteiger partial charge in [0.1, 0.15) is 6.10 Å². The van der Waals surface area contributed by atoms with Gasteiger partial charge in [-0.25, -0.2) is 0 Å². The highest BCUT2D eigenvalue weighted by Crippen LogP contribution is 2.32. The van der Waals surface area contributed by atoms with Crippen molar-refractivity contribution < 1.29 is 9.52 Å². The Labute approximate surface area is 124 Å². The SMILES string of the molecule is CN(C)CCn1ncc(Cl)c1C(O)c1ccoc1Br. The van der Waals surface area contributed by atoms with Crippen LogP contribution in [0.5, 0.6) is 0 Å². The molecule has 0 spiro atoms. The predicted octanol–water partition coefficient (Wildman–Crippen LogP) is 2.54. The summed E-state index contributed by atoms with van der Waals surface area (Å²) >= 11 is 9.38. The first-order valence-corrected chi connectivity index (χ1v) is 6.94. The molecule has 0 aliphatic carbocycles. The largest absolute Gasteiger partial charge is 0.457 e. The maximum Gasteiger partial charge on any atom is 0.175 e. The fourth-order valence-corrected chi connectivity index (χ4v) is 2.46. The van der Waals surface area contributed by atoms with E-state index in [1.54, 1.807) is 16.9 Å². The molecule has 0 bridgehead atoms. The average molecular weight is 349 g/mol. The van der Waals surface area contributed by atoms with Crippen molar-refractivity contribution >= 4 is 27.5 Å². The molecule has 2 aromatic rings. The van der Waals surface area contributed by atoms with Crippen LogP contribution in [0.3, 0.4) is 0 Å². The second-order valence-electron chi connectivity index (χ2n) is 4.46. The third kappa shape index (κ3) is 3.20. The third-order valence-electron chi connectivity index (χ3n) is 2.79. The summed E-state index contributed by atoms with van der Waals surface area (Å²) in [6.45, 7) is 1.46. The van der Waals surface area contributed by atoms with E-state index in [-0.39, 0.29) is 0 Å². The van der Waals surface area contributed by atoms with Gasteiger partial charge in [0.15, 0.2) is 4.67 Å². The van der Waals surface area contributed by atoms with E-state index in [0.29, 0.717) is 27.5 Å². The summed E-state index contributed by atoms with van der Waals surface area (Å²) in [5, 5.41) is 15.1. The number of likely N-dealkylation sites (N-methyl/N-ethyl adjacent to an activating group) is 1. The zero-order valence-corrected chi connectivity index (χ0v) is 13.0. The Kier molecular flexibility index (Phi) is 4.67. The molecule has 0 aliphatic rings. The fourth-order valence-electron chi connectivity index (χ4n) is 1.76. The molecule has 2 rings (SSSR count). The van der Waals surface area contributed by atoms with Gasteiger partial charge in [-0.3, -0.25) is 4.68 Å². The lowest BCUT2D eigenvalue weighted by atomic mass is 10.1. The number of aromatic nitrogens is 2. The average Bonchev–Trinajstić information content (AvgIpc) is 2.92. The van der Waals surface area contributed by atoms with Gasteiger partial charge in [0, 0.05) is 12.1 Å². The summed E-state index contributed by atoms with van der Waals surface area (Å²) < 4.78 is 7.35. The molecule has 1 atom stereocenters. The van der Waals surface area contributed by atoms with E-state index in [1.165, 1.54) is 6.26 Å². The summed E-state index contributed by atoms with van der Waals surface area (Å²) in [6, 6.07) is 1.70. The third-order valence-corrected chi connectivity index (χ3v) is 3.73. The predicted molar refractivity (Wildman–Crippen MR) is 76.3 cm³/mol. The van der Waals surface area contributed by atoms with Crippen LogP contribution in [-0.2, 0) is 6.54 Å². The van der Waals surface area contributed by atoms with Crippen molar-refractivity contribution in [3.8, 4) is 0 Å². The van der Waals surface area contributed by atoms with E-state index in [1.807, 2.05) is 19.0 Å². The molecular weight excluding hydrogens is 334 g/mol. The lowest BCUT2D eigenvalue weighted by Gasteiger charge is -2.15. The molecule has 2 heterocycles.